The van der Waals surface area contributed by atoms with Gasteiger partial charge in [-0.1, -0.05) is 0 Å². The Morgan fingerprint density at radius 2 is 2.41 bits per heavy atom. The molecule has 1 amide bonds. The smallest absolute Gasteiger partial charge is 0.251 e. The van der Waals surface area contributed by atoms with Crippen molar-refractivity contribution in [3.05, 3.63) is 35.5 Å². The van der Waals surface area contributed by atoms with E-state index >= 15 is 0 Å². The third-order valence-electron chi connectivity index (χ3n) is 6.57. The van der Waals surface area contributed by atoms with Crippen molar-refractivity contribution in [3.8, 4) is 5.88 Å². The summed E-state index contributed by atoms with van der Waals surface area (Å²) in [5, 5.41) is 10.3. The highest BCUT2D eigenvalue weighted by Gasteiger charge is 2.62. The van der Waals surface area contributed by atoms with Crippen LogP contribution in [-0.2, 0) is 11.3 Å². The molecule has 2 aromatic heterocycles. The molecule has 3 saturated heterocycles. The molecule has 0 aromatic carbocycles. The fraction of sp³-hybridized carbons (Fsp3) is 0.600. The first kappa shape index (κ1) is 18.5. The lowest BCUT2D eigenvalue weighted by Crippen LogP contribution is -2.41. The van der Waals surface area contributed by atoms with Gasteiger partial charge < -0.3 is 14.8 Å². The molecule has 5 heterocycles. The topological polar surface area (TPSA) is 105 Å². The molecule has 0 saturated carbocycles. The van der Waals surface area contributed by atoms with Gasteiger partial charge in [0.05, 0.1) is 25.4 Å². The average Bonchev–Trinajstić information content (AvgIpc) is 3.47. The number of likely N-dealkylation sites (tertiary alicyclic amines) is 1. The molecular formula is C20H26N6O3. The lowest BCUT2D eigenvalue weighted by molar-refractivity contribution is 0.00195. The van der Waals surface area contributed by atoms with Gasteiger partial charge in [-0.15, -0.1) is 0 Å². The second-order valence-corrected chi connectivity index (χ2v) is 8.33. The van der Waals surface area contributed by atoms with Crippen molar-refractivity contribution in [3.63, 3.8) is 0 Å². The van der Waals surface area contributed by atoms with Crippen LogP contribution in [0.5, 0.6) is 5.88 Å². The van der Waals surface area contributed by atoms with Crippen LogP contribution >= 0.6 is 0 Å². The number of hydrogen-bond donors (Lipinski definition) is 2. The number of ether oxygens (including phenoxy) is 2. The number of carbonyl (C=O) groups excluding carboxylic acids is 1. The summed E-state index contributed by atoms with van der Waals surface area (Å²) in [4.78, 5) is 23.5. The van der Waals surface area contributed by atoms with Crippen LogP contribution in [-0.4, -0.2) is 69.4 Å². The van der Waals surface area contributed by atoms with Crippen molar-refractivity contribution in [2.45, 2.75) is 38.0 Å². The average molecular weight is 398 g/mol. The normalized spacial score (nSPS) is 30.5. The molecular weight excluding hydrogens is 372 g/mol. The Balaban J connectivity index is 1.24. The van der Waals surface area contributed by atoms with E-state index in [0.717, 1.165) is 44.1 Å². The Morgan fingerprint density at radius 3 is 3.21 bits per heavy atom. The summed E-state index contributed by atoms with van der Waals surface area (Å²) < 4.78 is 11.6. The summed E-state index contributed by atoms with van der Waals surface area (Å²) in [5.74, 6) is 2.75. The Bertz CT molecular complexity index is 917. The molecule has 4 atom stereocenters. The standard InChI is InChI=1S/C20H26N6O3/c1-12-23-17(25-24-12)10-26-9-15-14(16-3-5-20(15,11-26)29-16)8-22-19(27)13-4-6-21-18(7-13)28-2/h4,6-7,14-16H,3,5,8-11H2,1-2H3,(H,22,27)(H,23,24,25)/t14-,15+,16+,20+/m0/s1. The Morgan fingerprint density at radius 1 is 1.52 bits per heavy atom. The minimum Gasteiger partial charge on any atom is -0.481 e. The Labute approximate surface area is 169 Å². The highest BCUT2D eigenvalue weighted by atomic mass is 16.5. The van der Waals surface area contributed by atoms with E-state index in [-0.39, 0.29) is 17.6 Å². The first-order valence-corrected chi connectivity index (χ1v) is 10.1. The van der Waals surface area contributed by atoms with Crippen LogP contribution in [0.1, 0.15) is 34.8 Å². The van der Waals surface area contributed by atoms with E-state index in [1.54, 1.807) is 25.4 Å². The largest absolute Gasteiger partial charge is 0.481 e. The molecule has 9 heteroatoms. The summed E-state index contributed by atoms with van der Waals surface area (Å²) in [6.45, 7) is 5.12. The number of fused-ring (bicyclic) bond motifs is 1. The lowest BCUT2D eigenvalue weighted by Gasteiger charge is -2.29. The summed E-state index contributed by atoms with van der Waals surface area (Å²) in [6.07, 6.45) is 3.98. The van der Waals surface area contributed by atoms with Gasteiger partial charge in [0.15, 0.2) is 5.82 Å². The second-order valence-electron chi connectivity index (χ2n) is 8.33. The van der Waals surface area contributed by atoms with Crippen molar-refractivity contribution in [1.82, 2.24) is 30.4 Å². The number of rotatable bonds is 6. The van der Waals surface area contributed by atoms with Gasteiger partial charge in [0, 0.05) is 49.3 Å². The van der Waals surface area contributed by atoms with Gasteiger partial charge in [-0.05, 0) is 25.8 Å². The quantitative estimate of drug-likeness (QED) is 0.746. The molecule has 9 nitrogen and oxygen atoms in total. The molecule has 5 rings (SSSR count). The number of carbonyl (C=O) groups is 1. The van der Waals surface area contributed by atoms with E-state index in [1.165, 1.54) is 0 Å². The Hall–Kier alpha value is -2.52. The van der Waals surface area contributed by atoms with Gasteiger partial charge in [0.2, 0.25) is 5.88 Å². The predicted octanol–water partition coefficient (Wildman–Crippen LogP) is 0.926. The van der Waals surface area contributed by atoms with Crippen LogP contribution < -0.4 is 10.1 Å². The zero-order valence-electron chi connectivity index (χ0n) is 16.7. The maximum atomic E-state index is 12.6. The van der Waals surface area contributed by atoms with E-state index in [1.807, 2.05) is 6.92 Å². The van der Waals surface area contributed by atoms with Crippen molar-refractivity contribution in [2.24, 2.45) is 11.8 Å². The maximum absolute atomic E-state index is 12.6. The molecule has 2 aromatic rings. The van der Waals surface area contributed by atoms with Gasteiger partial charge in [-0.3, -0.25) is 14.8 Å². The van der Waals surface area contributed by atoms with Crippen molar-refractivity contribution in [2.75, 3.05) is 26.7 Å². The molecule has 0 radical (unpaired) electrons. The first-order chi connectivity index (χ1) is 14.1. The number of nitrogens with one attached hydrogen (secondary N) is 2. The maximum Gasteiger partial charge on any atom is 0.251 e. The van der Waals surface area contributed by atoms with Gasteiger partial charge in [0.25, 0.3) is 5.91 Å². The fourth-order valence-corrected chi connectivity index (χ4v) is 5.31. The number of hydrogen-bond acceptors (Lipinski definition) is 7. The minimum atomic E-state index is -0.103. The van der Waals surface area contributed by atoms with Crippen LogP contribution in [0.3, 0.4) is 0 Å². The fourth-order valence-electron chi connectivity index (χ4n) is 5.31. The number of pyridine rings is 1. The van der Waals surface area contributed by atoms with Gasteiger partial charge in [-0.25, -0.2) is 9.97 Å². The molecule has 3 aliphatic heterocycles. The van der Waals surface area contributed by atoms with E-state index in [0.29, 0.717) is 29.8 Å². The van der Waals surface area contributed by atoms with Gasteiger partial charge in [-0.2, -0.15) is 5.10 Å². The predicted molar refractivity (Wildman–Crippen MR) is 103 cm³/mol. The first-order valence-electron chi connectivity index (χ1n) is 10.1. The highest BCUT2D eigenvalue weighted by molar-refractivity contribution is 5.94. The third kappa shape index (κ3) is 3.28. The molecule has 0 unspecified atom stereocenters. The summed E-state index contributed by atoms with van der Waals surface area (Å²) in [5.41, 5.74) is 0.481. The molecule has 3 fully saturated rings. The molecule has 1 spiro atoms. The molecule has 2 bridgehead atoms. The summed E-state index contributed by atoms with van der Waals surface area (Å²) >= 11 is 0. The van der Waals surface area contributed by atoms with E-state index in [2.05, 4.69) is 30.4 Å². The van der Waals surface area contributed by atoms with E-state index in [4.69, 9.17) is 9.47 Å². The number of H-pyrrole nitrogens is 1. The number of amides is 1. The van der Waals surface area contributed by atoms with Gasteiger partial charge >= 0.3 is 0 Å². The monoisotopic (exact) mass is 398 g/mol. The van der Waals surface area contributed by atoms with Crippen LogP contribution in [0.2, 0.25) is 0 Å². The van der Waals surface area contributed by atoms with Crippen molar-refractivity contribution < 1.29 is 14.3 Å². The molecule has 3 aliphatic rings. The van der Waals surface area contributed by atoms with Crippen LogP contribution in [0, 0.1) is 18.8 Å². The molecule has 154 valence electrons. The summed E-state index contributed by atoms with van der Waals surface area (Å²) in [6, 6.07) is 3.36. The van der Waals surface area contributed by atoms with E-state index < -0.39 is 0 Å². The van der Waals surface area contributed by atoms with E-state index in [9.17, 15) is 4.79 Å². The summed E-state index contributed by atoms with van der Waals surface area (Å²) in [7, 11) is 1.54. The Kier molecular flexibility index (Phi) is 4.51. The number of aryl methyl sites for hydroxylation is 1. The number of aromatic amines is 1. The zero-order chi connectivity index (χ0) is 20.0. The number of nitrogens with zero attached hydrogens (tertiary/aromatic N) is 4. The highest BCUT2D eigenvalue weighted by Crippen LogP contribution is 2.54. The molecule has 29 heavy (non-hydrogen) atoms. The van der Waals surface area contributed by atoms with Crippen molar-refractivity contribution in [1.29, 1.82) is 0 Å². The lowest BCUT2D eigenvalue weighted by atomic mass is 9.73. The van der Waals surface area contributed by atoms with Crippen molar-refractivity contribution >= 4 is 5.91 Å². The van der Waals surface area contributed by atoms with Crippen LogP contribution in [0.15, 0.2) is 18.3 Å². The second kappa shape index (κ2) is 7.07. The molecule has 0 aliphatic carbocycles. The number of methoxy groups -OCH3 is 1. The van der Waals surface area contributed by atoms with Crippen LogP contribution in [0.4, 0.5) is 0 Å². The minimum absolute atomic E-state index is 0.0781. The third-order valence-corrected chi connectivity index (χ3v) is 6.57. The zero-order valence-corrected chi connectivity index (χ0v) is 16.7. The van der Waals surface area contributed by atoms with Gasteiger partial charge in [0.1, 0.15) is 5.82 Å². The molecule has 2 N–H and O–H groups in total. The SMILES string of the molecule is COc1cc(C(=O)NC[C@H]2[C@H]3CN(Cc4n[nH]c(C)n4)C[C@]34CC[C@H]2O4)ccn1. The van der Waals surface area contributed by atoms with Crippen LogP contribution in [0.25, 0.3) is 0 Å². The number of aromatic nitrogens is 4.